The van der Waals surface area contributed by atoms with Crippen LogP contribution in [-0.2, 0) is 20.1 Å². The van der Waals surface area contributed by atoms with Crippen molar-refractivity contribution in [2.24, 2.45) is 7.05 Å². The molecule has 0 atom stereocenters. The quantitative estimate of drug-likeness (QED) is 0.891. The molecule has 0 bridgehead atoms. The van der Waals surface area contributed by atoms with Gasteiger partial charge in [0.1, 0.15) is 0 Å². The maximum atomic E-state index is 4.53. The van der Waals surface area contributed by atoms with E-state index in [9.17, 15) is 0 Å². The van der Waals surface area contributed by atoms with Crippen molar-refractivity contribution in [2.45, 2.75) is 39.8 Å². The minimum Gasteiger partial charge on any atom is -0.308 e. The first kappa shape index (κ1) is 13.8. The van der Waals surface area contributed by atoms with Gasteiger partial charge in [-0.25, -0.2) is 0 Å². The molecule has 1 aromatic carbocycles. The fourth-order valence-corrected chi connectivity index (χ4v) is 2.32. The highest BCUT2D eigenvalue weighted by Crippen LogP contribution is 2.17. The van der Waals surface area contributed by atoms with Crippen molar-refractivity contribution in [1.82, 2.24) is 15.1 Å². The van der Waals surface area contributed by atoms with Crippen molar-refractivity contribution in [3.05, 3.63) is 52.8 Å². The second kappa shape index (κ2) is 6.02. The van der Waals surface area contributed by atoms with Gasteiger partial charge in [-0.1, -0.05) is 38.1 Å². The van der Waals surface area contributed by atoms with Crippen LogP contribution in [0.2, 0.25) is 0 Å². The number of aryl methyl sites for hydroxylation is 2. The lowest BCUT2D eigenvalue weighted by atomic mass is 10.1. The Labute approximate surface area is 115 Å². The Morgan fingerprint density at radius 3 is 2.53 bits per heavy atom. The summed E-state index contributed by atoms with van der Waals surface area (Å²) >= 11 is 0. The molecule has 1 aromatic heterocycles. The fourth-order valence-electron chi connectivity index (χ4n) is 2.32. The van der Waals surface area contributed by atoms with E-state index in [1.165, 1.54) is 22.4 Å². The van der Waals surface area contributed by atoms with Crippen LogP contribution in [0.15, 0.2) is 30.5 Å². The summed E-state index contributed by atoms with van der Waals surface area (Å²) in [6, 6.07) is 8.50. The minimum atomic E-state index is 0.469. The second-order valence-corrected chi connectivity index (χ2v) is 5.40. The Kier molecular flexibility index (Phi) is 4.38. The summed E-state index contributed by atoms with van der Waals surface area (Å²) in [4.78, 5) is 0. The van der Waals surface area contributed by atoms with Gasteiger partial charge < -0.3 is 5.32 Å². The van der Waals surface area contributed by atoms with Crippen LogP contribution < -0.4 is 5.32 Å². The van der Waals surface area contributed by atoms with E-state index in [1.54, 1.807) is 0 Å². The predicted molar refractivity (Wildman–Crippen MR) is 79.0 cm³/mol. The molecule has 19 heavy (non-hydrogen) atoms. The van der Waals surface area contributed by atoms with Crippen molar-refractivity contribution in [3.8, 4) is 0 Å². The highest BCUT2D eigenvalue weighted by Gasteiger charge is 2.10. The van der Waals surface area contributed by atoms with Crippen molar-refractivity contribution < 1.29 is 0 Å². The highest BCUT2D eigenvalue weighted by atomic mass is 15.3. The molecular weight excluding hydrogens is 234 g/mol. The number of nitrogens with one attached hydrogen (secondary N) is 1. The molecule has 3 heteroatoms. The topological polar surface area (TPSA) is 29.9 Å². The minimum absolute atomic E-state index is 0.469. The molecule has 0 saturated heterocycles. The summed E-state index contributed by atoms with van der Waals surface area (Å²) in [7, 11) is 1.98. The fraction of sp³-hybridized carbons (Fsp3) is 0.438. The number of nitrogens with zero attached hydrogens (tertiary/aromatic N) is 2. The van der Waals surface area contributed by atoms with Gasteiger partial charge in [0.2, 0.25) is 0 Å². The first-order chi connectivity index (χ1) is 9.08. The van der Waals surface area contributed by atoms with Gasteiger partial charge in [0.05, 0.1) is 5.69 Å². The molecule has 0 aliphatic carbocycles. The normalized spacial score (nSPS) is 11.2. The smallest absolute Gasteiger partial charge is 0.0694 e. The van der Waals surface area contributed by atoms with Gasteiger partial charge in [-0.15, -0.1) is 0 Å². The first-order valence-corrected chi connectivity index (χ1v) is 6.85. The van der Waals surface area contributed by atoms with E-state index < -0.39 is 0 Å². The van der Waals surface area contributed by atoms with Crippen LogP contribution in [0, 0.1) is 6.92 Å². The lowest BCUT2D eigenvalue weighted by molar-refractivity contribution is 0.676. The Morgan fingerprint density at radius 1 is 1.16 bits per heavy atom. The standard InChI is InChI=1S/C16H23N3/c1-12(2)16-15(11-19(4)18-16)10-17-9-14-8-6-5-7-13(14)3/h5-8,11-12,17H,9-10H2,1-4H3. The summed E-state index contributed by atoms with van der Waals surface area (Å²) in [5.41, 5.74) is 5.19. The zero-order chi connectivity index (χ0) is 13.8. The highest BCUT2D eigenvalue weighted by molar-refractivity contribution is 5.26. The molecule has 0 amide bonds. The molecular formula is C16H23N3. The lowest BCUT2D eigenvalue weighted by Crippen LogP contribution is -2.14. The Hall–Kier alpha value is -1.61. The Balaban J connectivity index is 1.98. The average molecular weight is 257 g/mol. The molecule has 102 valence electrons. The largest absolute Gasteiger partial charge is 0.308 e. The number of benzene rings is 1. The summed E-state index contributed by atoms with van der Waals surface area (Å²) in [6.45, 7) is 8.30. The number of aromatic nitrogens is 2. The van der Waals surface area contributed by atoms with Gasteiger partial charge in [-0.05, 0) is 24.0 Å². The first-order valence-electron chi connectivity index (χ1n) is 6.85. The van der Waals surface area contributed by atoms with Gasteiger partial charge in [0.15, 0.2) is 0 Å². The predicted octanol–water partition coefficient (Wildman–Crippen LogP) is 3.14. The van der Waals surface area contributed by atoms with E-state index in [4.69, 9.17) is 0 Å². The van der Waals surface area contributed by atoms with Crippen LogP contribution >= 0.6 is 0 Å². The zero-order valence-electron chi connectivity index (χ0n) is 12.3. The Morgan fingerprint density at radius 2 is 1.84 bits per heavy atom. The summed E-state index contributed by atoms with van der Waals surface area (Å²) < 4.78 is 1.90. The van der Waals surface area contributed by atoms with Gasteiger partial charge in [0.25, 0.3) is 0 Å². The van der Waals surface area contributed by atoms with E-state index in [0.29, 0.717) is 5.92 Å². The van der Waals surface area contributed by atoms with Gasteiger partial charge in [0, 0.05) is 31.9 Å². The third-order valence-electron chi connectivity index (χ3n) is 3.38. The number of rotatable bonds is 5. The van der Waals surface area contributed by atoms with Crippen LogP contribution in [0.25, 0.3) is 0 Å². The summed E-state index contributed by atoms with van der Waals surface area (Å²) in [6.07, 6.45) is 2.11. The van der Waals surface area contributed by atoms with Crippen LogP contribution in [0.1, 0.15) is 42.1 Å². The van der Waals surface area contributed by atoms with E-state index in [1.807, 2.05) is 11.7 Å². The molecule has 2 rings (SSSR count). The molecule has 0 aliphatic heterocycles. The number of hydrogen-bond donors (Lipinski definition) is 1. The van der Waals surface area contributed by atoms with Crippen molar-refractivity contribution in [3.63, 3.8) is 0 Å². The van der Waals surface area contributed by atoms with Crippen molar-refractivity contribution >= 4 is 0 Å². The van der Waals surface area contributed by atoms with E-state index >= 15 is 0 Å². The second-order valence-electron chi connectivity index (χ2n) is 5.40. The molecule has 1 N–H and O–H groups in total. The van der Waals surface area contributed by atoms with Crippen LogP contribution in [0.3, 0.4) is 0 Å². The maximum Gasteiger partial charge on any atom is 0.0694 e. The van der Waals surface area contributed by atoms with E-state index in [2.05, 4.69) is 61.6 Å². The van der Waals surface area contributed by atoms with Crippen LogP contribution in [0.4, 0.5) is 0 Å². The van der Waals surface area contributed by atoms with Crippen molar-refractivity contribution in [1.29, 1.82) is 0 Å². The van der Waals surface area contributed by atoms with Crippen LogP contribution in [0.5, 0.6) is 0 Å². The van der Waals surface area contributed by atoms with Gasteiger partial charge >= 0.3 is 0 Å². The molecule has 0 spiro atoms. The van der Waals surface area contributed by atoms with E-state index in [-0.39, 0.29) is 0 Å². The zero-order valence-corrected chi connectivity index (χ0v) is 12.3. The monoisotopic (exact) mass is 257 g/mol. The Bertz CT molecular complexity index is 541. The summed E-state index contributed by atoms with van der Waals surface area (Å²) in [5.74, 6) is 0.469. The molecule has 0 aliphatic rings. The van der Waals surface area contributed by atoms with Gasteiger partial charge in [-0.3, -0.25) is 4.68 Å². The van der Waals surface area contributed by atoms with Crippen molar-refractivity contribution in [2.75, 3.05) is 0 Å². The number of hydrogen-bond acceptors (Lipinski definition) is 2. The third-order valence-corrected chi connectivity index (χ3v) is 3.38. The van der Waals surface area contributed by atoms with E-state index in [0.717, 1.165) is 13.1 Å². The molecule has 0 saturated carbocycles. The molecule has 1 heterocycles. The summed E-state index contributed by atoms with van der Waals surface area (Å²) in [5, 5.41) is 8.04. The lowest BCUT2D eigenvalue weighted by Gasteiger charge is -2.09. The SMILES string of the molecule is Cc1ccccc1CNCc1cn(C)nc1C(C)C. The molecule has 2 aromatic rings. The molecule has 3 nitrogen and oxygen atoms in total. The maximum absolute atomic E-state index is 4.53. The molecule has 0 radical (unpaired) electrons. The van der Waals surface area contributed by atoms with Crippen LogP contribution in [-0.4, -0.2) is 9.78 Å². The third kappa shape index (κ3) is 3.44. The molecule has 0 fully saturated rings. The van der Waals surface area contributed by atoms with Gasteiger partial charge in [-0.2, -0.15) is 5.10 Å². The average Bonchev–Trinajstić information content (AvgIpc) is 2.73. The molecule has 0 unspecified atom stereocenters.